The summed E-state index contributed by atoms with van der Waals surface area (Å²) >= 11 is 1.87. The molecule has 0 saturated heterocycles. The van der Waals surface area contributed by atoms with Crippen LogP contribution in [0.15, 0.2) is 0 Å². The Balaban J connectivity index is 2.22. The van der Waals surface area contributed by atoms with Crippen LogP contribution in [0.2, 0.25) is 0 Å². The summed E-state index contributed by atoms with van der Waals surface area (Å²) in [5, 5.41) is 4.79. The van der Waals surface area contributed by atoms with Gasteiger partial charge in [-0.2, -0.15) is 0 Å². The van der Waals surface area contributed by atoms with E-state index in [4.69, 9.17) is 14.5 Å². The SMILES string of the molecule is CCC(COC)(NCCOC)c1nc2c(s1)CCCC2. The molecule has 1 aromatic heterocycles. The average Bonchev–Trinajstić information content (AvgIpc) is 2.91. The van der Waals surface area contributed by atoms with Crippen LogP contribution in [0.3, 0.4) is 0 Å². The van der Waals surface area contributed by atoms with Crippen molar-refractivity contribution in [3.8, 4) is 0 Å². The van der Waals surface area contributed by atoms with Crippen molar-refractivity contribution >= 4 is 11.3 Å². The van der Waals surface area contributed by atoms with Gasteiger partial charge in [-0.15, -0.1) is 11.3 Å². The summed E-state index contributed by atoms with van der Waals surface area (Å²) in [5.41, 5.74) is 1.15. The fourth-order valence-electron chi connectivity index (χ4n) is 2.76. The molecule has 1 aliphatic rings. The standard InChI is InChI=1S/C15H26N2O2S/c1-4-15(11-19-3,16-9-10-18-2)14-17-12-7-5-6-8-13(12)20-14/h16H,4-11H2,1-3H3. The largest absolute Gasteiger partial charge is 0.383 e. The molecule has 1 heterocycles. The molecule has 1 N–H and O–H groups in total. The zero-order chi connectivity index (χ0) is 14.4. The topological polar surface area (TPSA) is 43.4 Å². The van der Waals surface area contributed by atoms with E-state index in [1.54, 1.807) is 14.2 Å². The molecular formula is C15H26N2O2S. The van der Waals surface area contributed by atoms with Gasteiger partial charge in [-0.1, -0.05) is 6.92 Å². The van der Waals surface area contributed by atoms with Crippen LogP contribution in [0.4, 0.5) is 0 Å². The van der Waals surface area contributed by atoms with E-state index in [0.717, 1.165) is 19.4 Å². The molecule has 0 amide bonds. The van der Waals surface area contributed by atoms with Gasteiger partial charge in [0.05, 0.1) is 24.4 Å². The maximum atomic E-state index is 5.48. The van der Waals surface area contributed by atoms with Crippen molar-refractivity contribution in [2.24, 2.45) is 0 Å². The summed E-state index contributed by atoms with van der Waals surface area (Å²) in [6, 6.07) is 0. The Hall–Kier alpha value is -0.490. The van der Waals surface area contributed by atoms with Crippen molar-refractivity contribution < 1.29 is 9.47 Å². The summed E-state index contributed by atoms with van der Waals surface area (Å²) in [5.74, 6) is 0. The Morgan fingerprint density at radius 3 is 2.70 bits per heavy atom. The molecule has 20 heavy (non-hydrogen) atoms. The monoisotopic (exact) mass is 298 g/mol. The molecule has 5 heteroatoms. The molecule has 2 rings (SSSR count). The predicted octanol–water partition coefficient (Wildman–Crippen LogP) is 2.51. The fraction of sp³-hybridized carbons (Fsp3) is 0.800. The van der Waals surface area contributed by atoms with Crippen molar-refractivity contribution in [1.82, 2.24) is 10.3 Å². The Kier molecular flexibility index (Phi) is 5.96. The van der Waals surface area contributed by atoms with Gasteiger partial charge in [0.25, 0.3) is 0 Å². The minimum absolute atomic E-state index is 0.171. The molecule has 0 aliphatic heterocycles. The minimum atomic E-state index is -0.171. The van der Waals surface area contributed by atoms with Gasteiger partial charge in [0.15, 0.2) is 0 Å². The molecule has 0 fully saturated rings. The van der Waals surface area contributed by atoms with E-state index in [9.17, 15) is 0 Å². The van der Waals surface area contributed by atoms with Crippen molar-refractivity contribution in [2.45, 2.75) is 44.6 Å². The first kappa shape index (κ1) is 15.9. The smallest absolute Gasteiger partial charge is 0.116 e. The summed E-state index contributed by atoms with van der Waals surface area (Å²) in [6.07, 6.45) is 5.87. The van der Waals surface area contributed by atoms with Crippen molar-refractivity contribution in [3.05, 3.63) is 15.6 Å². The van der Waals surface area contributed by atoms with Crippen molar-refractivity contribution in [1.29, 1.82) is 0 Å². The van der Waals surface area contributed by atoms with Gasteiger partial charge in [-0.3, -0.25) is 0 Å². The molecule has 114 valence electrons. The minimum Gasteiger partial charge on any atom is -0.383 e. The highest BCUT2D eigenvalue weighted by molar-refractivity contribution is 7.11. The summed E-state index contributed by atoms with van der Waals surface area (Å²) in [4.78, 5) is 6.41. The first-order valence-electron chi connectivity index (χ1n) is 7.47. The number of rotatable bonds is 8. The van der Waals surface area contributed by atoms with E-state index in [-0.39, 0.29) is 5.54 Å². The van der Waals surface area contributed by atoms with Crippen LogP contribution in [0.1, 0.15) is 41.8 Å². The van der Waals surface area contributed by atoms with Crippen LogP contribution in [0, 0.1) is 0 Å². The number of nitrogens with one attached hydrogen (secondary N) is 1. The number of ether oxygens (including phenoxy) is 2. The van der Waals surface area contributed by atoms with E-state index < -0.39 is 0 Å². The Bertz CT molecular complexity index is 399. The zero-order valence-corrected chi connectivity index (χ0v) is 13.6. The highest BCUT2D eigenvalue weighted by atomic mass is 32.1. The second kappa shape index (κ2) is 7.50. The van der Waals surface area contributed by atoms with Crippen LogP contribution >= 0.6 is 11.3 Å². The zero-order valence-electron chi connectivity index (χ0n) is 12.8. The lowest BCUT2D eigenvalue weighted by molar-refractivity contribution is 0.0952. The van der Waals surface area contributed by atoms with E-state index in [1.165, 1.54) is 34.8 Å². The first-order chi connectivity index (χ1) is 9.75. The highest BCUT2D eigenvalue weighted by Gasteiger charge is 2.34. The fourth-order valence-corrected chi connectivity index (χ4v) is 4.13. The van der Waals surface area contributed by atoms with Crippen molar-refractivity contribution in [3.63, 3.8) is 0 Å². The Morgan fingerprint density at radius 2 is 2.05 bits per heavy atom. The highest BCUT2D eigenvalue weighted by Crippen LogP contribution is 2.34. The third-order valence-electron chi connectivity index (χ3n) is 4.02. The number of aryl methyl sites for hydroxylation is 2. The summed E-state index contributed by atoms with van der Waals surface area (Å²) in [6.45, 7) is 4.37. The second-order valence-corrected chi connectivity index (χ2v) is 6.47. The van der Waals surface area contributed by atoms with Gasteiger partial charge in [-0.25, -0.2) is 4.98 Å². The molecule has 1 unspecified atom stereocenters. The maximum absolute atomic E-state index is 5.48. The number of methoxy groups -OCH3 is 2. The van der Waals surface area contributed by atoms with Gasteiger partial charge in [0.2, 0.25) is 0 Å². The summed E-state index contributed by atoms with van der Waals surface area (Å²) in [7, 11) is 3.49. The number of aromatic nitrogens is 1. The molecule has 0 aromatic carbocycles. The molecular weight excluding hydrogens is 272 g/mol. The van der Waals surface area contributed by atoms with Crippen LogP contribution in [-0.4, -0.2) is 39.0 Å². The Labute approximate surface area is 125 Å². The molecule has 0 saturated carbocycles. The molecule has 0 radical (unpaired) electrons. The van der Waals surface area contributed by atoms with E-state index >= 15 is 0 Å². The molecule has 1 aromatic rings. The van der Waals surface area contributed by atoms with E-state index in [2.05, 4.69) is 12.2 Å². The molecule has 0 bridgehead atoms. The van der Waals surface area contributed by atoms with Crippen LogP contribution in [0.25, 0.3) is 0 Å². The number of hydrogen-bond acceptors (Lipinski definition) is 5. The van der Waals surface area contributed by atoms with Crippen molar-refractivity contribution in [2.75, 3.05) is 34.0 Å². The summed E-state index contributed by atoms with van der Waals surface area (Å²) < 4.78 is 10.6. The van der Waals surface area contributed by atoms with Crippen LogP contribution < -0.4 is 5.32 Å². The van der Waals surface area contributed by atoms with Gasteiger partial charge >= 0.3 is 0 Å². The number of hydrogen-bond donors (Lipinski definition) is 1. The van der Waals surface area contributed by atoms with Gasteiger partial charge < -0.3 is 14.8 Å². The lowest BCUT2D eigenvalue weighted by atomic mass is 9.97. The normalized spacial score (nSPS) is 17.8. The first-order valence-corrected chi connectivity index (χ1v) is 8.29. The maximum Gasteiger partial charge on any atom is 0.116 e. The van der Waals surface area contributed by atoms with Gasteiger partial charge in [-0.05, 0) is 32.1 Å². The number of thiazole rings is 1. The third-order valence-corrected chi connectivity index (χ3v) is 5.38. The lowest BCUT2D eigenvalue weighted by Gasteiger charge is -2.31. The quantitative estimate of drug-likeness (QED) is 0.749. The predicted molar refractivity (Wildman–Crippen MR) is 82.5 cm³/mol. The van der Waals surface area contributed by atoms with Crippen LogP contribution in [0.5, 0.6) is 0 Å². The van der Waals surface area contributed by atoms with Gasteiger partial charge in [0, 0.05) is 25.6 Å². The molecule has 0 spiro atoms. The van der Waals surface area contributed by atoms with Gasteiger partial charge in [0.1, 0.15) is 5.01 Å². The number of fused-ring (bicyclic) bond motifs is 1. The van der Waals surface area contributed by atoms with E-state index in [1.807, 2.05) is 11.3 Å². The number of nitrogens with zero attached hydrogens (tertiary/aromatic N) is 1. The molecule has 1 aliphatic carbocycles. The second-order valence-electron chi connectivity index (χ2n) is 5.38. The lowest BCUT2D eigenvalue weighted by Crippen LogP contribution is -2.47. The van der Waals surface area contributed by atoms with E-state index in [0.29, 0.717) is 13.2 Å². The van der Waals surface area contributed by atoms with Crippen LogP contribution in [-0.2, 0) is 27.9 Å². The Morgan fingerprint density at radius 1 is 1.25 bits per heavy atom. The third kappa shape index (κ3) is 3.39. The average molecular weight is 298 g/mol. The molecule has 4 nitrogen and oxygen atoms in total. The molecule has 1 atom stereocenters.